The minimum Gasteiger partial charge on any atom is -0.350 e. The molecule has 0 aliphatic carbocycles. The van der Waals surface area contributed by atoms with Gasteiger partial charge in [-0.15, -0.1) is 0 Å². The third-order valence-corrected chi connectivity index (χ3v) is 3.03. The lowest BCUT2D eigenvalue weighted by atomic mass is 10.0. The zero-order valence-corrected chi connectivity index (χ0v) is 11.2. The van der Waals surface area contributed by atoms with E-state index in [9.17, 15) is 4.79 Å². The predicted octanol–water partition coefficient (Wildman–Crippen LogP) is 2.36. The fourth-order valence-corrected chi connectivity index (χ4v) is 1.55. The molecule has 1 rings (SSSR count). The molecule has 1 aromatic rings. The van der Waals surface area contributed by atoms with Crippen LogP contribution in [-0.4, -0.2) is 18.5 Å². The largest absolute Gasteiger partial charge is 0.350 e. The Balaban J connectivity index is 2.67. The van der Waals surface area contributed by atoms with E-state index in [2.05, 4.69) is 5.32 Å². The van der Waals surface area contributed by atoms with Crippen LogP contribution in [-0.2, 0) is 0 Å². The Labute approximate surface area is 107 Å². The highest BCUT2D eigenvalue weighted by Gasteiger charge is 2.12. The number of aryl methyl sites for hydroxylation is 1. The lowest BCUT2D eigenvalue weighted by molar-refractivity contribution is 0.0948. The summed E-state index contributed by atoms with van der Waals surface area (Å²) in [7, 11) is 0. The van der Waals surface area contributed by atoms with Crippen molar-refractivity contribution in [3.05, 3.63) is 34.3 Å². The molecule has 0 aliphatic rings. The average Bonchev–Trinajstić information content (AvgIpc) is 2.28. The maximum Gasteiger partial charge on any atom is 0.251 e. The Morgan fingerprint density at radius 1 is 1.47 bits per heavy atom. The maximum atomic E-state index is 11.9. The summed E-state index contributed by atoms with van der Waals surface area (Å²) in [5.41, 5.74) is 7.38. The van der Waals surface area contributed by atoms with Gasteiger partial charge in [0.2, 0.25) is 0 Å². The van der Waals surface area contributed by atoms with Crippen molar-refractivity contribution in [3.63, 3.8) is 0 Å². The molecule has 0 saturated carbocycles. The van der Waals surface area contributed by atoms with E-state index in [1.54, 1.807) is 12.1 Å². The number of nitrogens with two attached hydrogens (primary N) is 1. The van der Waals surface area contributed by atoms with Gasteiger partial charge in [-0.3, -0.25) is 4.79 Å². The lowest BCUT2D eigenvalue weighted by Gasteiger charge is -2.16. The van der Waals surface area contributed by atoms with Crippen molar-refractivity contribution in [1.29, 1.82) is 0 Å². The van der Waals surface area contributed by atoms with E-state index >= 15 is 0 Å². The zero-order valence-electron chi connectivity index (χ0n) is 10.5. The van der Waals surface area contributed by atoms with E-state index in [1.807, 2.05) is 26.8 Å². The van der Waals surface area contributed by atoms with Gasteiger partial charge >= 0.3 is 0 Å². The molecule has 0 saturated heterocycles. The molecule has 94 valence electrons. The fraction of sp³-hybridized carbons (Fsp3) is 0.462. The summed E-state index contributed by atoms with van der Waals surface area (Å²) in [5.74, 6) is 0.219. The third-order valence-electron chi connectivity index (χ3n) is 2.80. The van der Waals surface area contributed by atoms with Crippen LogP contribution in [0.3, 0.4) is 0 Å². The van der Waals surface area contributed by atoms with E-state index < -0.39 is 0 Å². The van der Waals surface area contributed by atoms with Crippen LogP contribution >= 0.6 is 11.6 Å². The summed E-state index contributed by atoms with van der Waals surface area (Å²) in [4.78, 5) is 11.9. The van der Waals surface area contributed by atoms with Crippen molar-refractivity contribution >= 4 is 17.5 Å². The van der Waals surface area contributed by atoms with Gasteiger partial charge in [-0.2, -0.15) is 0 Å². The Morgan fingerprint density at radius 2 is 2.12 bits per heavy atom. The molecule has 0 aliphatic heterocycles. The summed E-state index contributed by atoms with van der Waals surface area (Å²) in [6.45, 7) is 6.42. The quantitative estimate of drug-likeness (QED) is 0.867. The van der Waals surface area contributed by atoms with Crippen LogP contribution in [0.2, 0.25) is 5.02 Å². The topological polar surface area (TPSA) is 55.1 Å². The highest BCUT2D eigenvalue weighted by Crippen LogP contribution is 2.15. The van der Waals surface area contributed by atoms with Crippen molar-refractivity contribution in [2.24, 2.45) is 11.7 Å². The van der Waals surface area contributed by atoms with Gasteiger partial charge in [0.25, 0.3) is 5.91 Å². The average molecular weight is 255 g/mol. The van der Waals surface area contributed by atoms with E-state index in [1.165, 1.54) is 0 Å². The van der Waals surface area contributed by atoms with Gasteiger partial charge in [0.15, 0.2) is 0 Å². The second-order valence-corrected chi connectivity index (χ2v) is 5.01. The first-order valence-electron chi connectivity index (χ1n) is 5.71. The van der Waals surface area contributed by atoms with E-state index in [-0.39, 0.29) is 11.9 Å². The number of nitrogens with one attached hydrogen (secondary N) is 1. The van der Waals surface area contributed by atoms with Crippen molar-refractivity contribution < 1.29 is 4.79 Å². The number of amides is 1. The van der Waals surface area contributed by atoms with Crippen molar-refractivity contribution in [2.75, 3.05) is 6.54 Å². The summed E-state index contributed by atoms with van der Waals surface area (Å²) in [5, 5.41) is 3.39. The molecule has 0 aromatic heterocycles. The van der Waals surface area contributed by atoms with Crippen LogP contribution < -0.4 is 11.1 Å². The van der Waals surface area contributed by atoms with Crippen LogP contribution in [0.25, 0.3) is 0 Å². The standard InChI is InChI=1S/C13H19ClN2O/c1-8(2)12(15)7-16-13(17)11-6-10(14)5-4-9(11)3/h4-6,8,12H,7,15H2,1-3H3,(H,16,17). The third kappa shape index (κ3) is 4.02. The first kappa shape index (κ1) is 14.0. The van der Waals surface area contributed by atoms with Gasteiger partial charge in [0.05, 0.1) is 0 Å². The molecule has 4 heteroatoms. The molecular formula is C13H19ClN2O. The van der Waals surface area contributed by atoms with E-state index in [4.69, 9.17) is 17.3 Å². The second kappa shape index (κ2) is 6.03. The van der Waals surface area contributed by atoms with E-state index in [0.29, 0.717) is 23.0 Å². The SMILES string of the molecule is Cc1ccc(Cl)cc1C(=O)NCC(N)C(C)C. The van der Waals surface area contributed by atoms with Crippen LogP contribution in [0.4, 0.5) is 0 Å². The highest BCUT2D eigenvalue weighted by atomic mass is 35.5. The number of rotatable bonds is 4. The van der Waals surface area contributed by atoms with Crippen LogP contribution in [0.5, 0.6) is 0 Å². The first-order valence-corrected chi connectivity index (χ1v) is 6.09. The van der Waals surface area contributed by atoms with Gasteiger partial charge in [-0.05, 0) is 30.5 Å². The molecule has 1 unspecified atom stereocenters. The van der Waals surface area contributed by atoms with Crippen molar-refractivity contribution in [2.45, 2.75) is 26.8 Å². The smallest absolute Gasteiger partial charge is 0.251 e. The molecule has 3 N–H and O–H groups in total. The van der Waals surface area contributed by atoms with Gasteiger partial charge in [0, 0.05) is 23.2 Å². The summed E-state index contributed by atoms with van der Waals surface area (Å²) in [6.07, 6.45) is 0. The van der Waals surface area contributed by atoms with Gasteiger partial charge < -0.3 is 11.1 Å². The van der Waals surface area contributed by atoms with Gasteiger partial charge in [-0.1, -0.05) is 31.5 Å². The van der Waals surface area contributed by atoms with E-state index in [0.717, 1.165) is 5.56 Å². The number of carbonyl (C=O) groups is 1. The Morgan fingerprint density at radius 3 is 2.71 bits per heavy atom. The molecule has 3 nitrogen and oxygen atoms in total. The van der Waals surface area contributed by atoms with Crippen LogP contribution in [0.15, 0.2) is 18.2 Å². The number of benzene rings is 1. The lowest BCUT2D eigenvalue weighted by Crippen LogP contribution is -2.40. The molecule has 0 radical (unpaired) electrons. The van der Waals surface area contributed by atoms with Crippen molar-refractivity contribution in [3.8, 4) is 0 Å². The Hall–Kier alpha value is -1.06. The first-order chi connectivity index (χ1) is 7.91. The van der Waals surface area contributed by atoms with Crippen molar-refractivity contribution in [1.82, 2.24) is 5.32 Å². The molecule has 1 atom stereocenters. The minimum absolute atomic E-state index is 0.0292. The van der Waals surface area contributed by atoms with Crippen LogP contribution in [0.1, 0.15) is 29.8 Å². The monoisotopic (exact) mass is 254 g/mol. The zero-order chi connectivity index (χ0) is 13.0. The van der Waals surface area contributed by atoms with Gasteiger partial charge in [0.1, 0.15) is 0 Å². The Bertz CT molecular complexity index is 404. The second-order valence-electron chi connectivity index (χ2n) is 4.58. The summed E-state index contributed by atoms with van der Waals surface area (Å²) in [6, 6.07) is 5.25. The molecule has 1 amide bonds. The summed E-state index contributed by atoms with van der Waals surface area (Å²) < 4.78 is 0. The molecule has 0 heterocycles. The minimum atomic E-state index is -0.124. The molecule has 0 fully saturated rings. The molecule has 1 aromatic carbocycles. The maximum absolute atomic E-state index is 11.9. The number of halogens is 1. The predicted molar refractivity (Wildman–Crippen MR) is 71.3 cm³/mol. The normalized spacial score (nSPS) is 12.6. The number of hydrogen-bond donors (Lipinski definition) is 2. The molecular weight excluding hydrogens is 236 g/mol. The van der Waals surface area contributed by atoms with Gasteiger partial charge in [-0.25, -0.2) is 0 Å². The molecule has 17 heavy (non-hydrogen) atoms. The number of hydrogen-bond acceptors (Lipinski definition) is 2. The molecule has 0 bridgehead atoms. The number of carbonyl (C=O) groups excluding carboxylic acids is 1. The highest BCUT2D eigenvalue weighted by molar-refractivity contribution is 6.31. The fourth-order valence-electron chi connectivity index (χ4n) is 1.38. The summed E-state index contributed by atoms with van der Waals surface area (Å²) >= 11 is 5.87. The molecule has 0 spiro atoms. The van der Waals surface area contributed by atoms with Crippen LogP contribution in [0, 0.1) is 12.8 Å². The Kier molecular flexibility index (Phi) is 4.97.